The lowest BCUT2D eigenvalue weighted by atomic mass is 9.85. The van der Waals surface area contributed by atoms with Gasteiger partial charge >= 0.3 is 0 Å². The first kappa shape index (κ1) is 25.2. The largest absolute Gasteiger partial charge is 0.338 e. The second-order valence-electron chi connectivity index (χ2n) is 10.3. The first-order valence-corrected chi connectivity index (χ1v) is 11.5. The zero-order chi connectivity index (χ0) is 25.7. The summed E-state index contributed by atoms with van der Waals surface area (Å²) in [6.45, 7) is 6.71. The van der Waals surface area contributed by atoms with Gasteiger partial charge in [-0.3, -0.25) is 9.59 Å². The van der Waals surface area contributed by atoms with Gasteiger partial charge in [0.1, 0.15) is 23.9 Å². The molecule has 1 N–H and O–H groups in total. The summed E-state index contributed by atoms with van der Waals surface area (Å²) in [5.74, 6) is -4.58. The van der Waals surface area contributed by atoms with Crippen molar-refractivity contribution in [3.63, 3.8) is 0 Å². The van der Waals surface area contributed by atoms with Crippen molar-refractivity contribution in [1.82, 2.24) is 24.7 Å². The lowest BCUT2D eigenvalue weighted by Gasteiger charge is -2.40. The molecule has 0 radical (unpaired) electrons. The lowest BCUT2D eigenvalue weighted by Crippen LogP contribution is -2.61. The number of nitrogens with zero attached hydrogens (tertiary/aromatic N) is 4. The second kappa shape index (κ2) is 9.25. The maximum absolute atomic E-state index is 14.7. The number of hydrogen-bond donors (Lipinski definition) is 1. The van der Waals surface area contributed by atoms with Gasteiger partial charge in [0.25, 0.3) is 5.91 Å². The Morgan fingerprint density at radius 2 is 1.74 bits per heavy atom. The minimum atomic E-state index is -1.32. The third-order valence-corrected chi connectivity index (χ3v) is 6.42. The Balaban J connectivity index is 1.74. The molecule has 0 aliphatic carbocycles. The minimum Gasteiger partial charge on any atom is -0.338 e. The maximum atomic E-state index is 14.7. The number of benzene rings is 1. The highest BCUT2D eigenvalue weighted by Crippen LogP contribution is 2.30. The van der Waals surface area contributed by atoms with E-state index in [0.717, 1.165) is 6.07 Å². The summed E-state index contributed by atoms with van der Waals surface area (Å²) in [5, 5.41) is 2.75. The summed E-state index contributed by atoms with van der Waals surface area (Å²) in [5.41, 5.74) is -0.482. The van der Waals surface area contributed by atoms with E-state index in [0.29, 0.717) is 37.8 Å². The van der Waals surface area contributed by atoms with E-state index in [1.807, 2.05) is 11.9 Å². The number of imidazole rings is 1. The topological polar surface area (TPSA) is 70.5 Å². The van der Waals surface area contributed by atoms with E-state index in [-0.39, 0.29) is 30.2 Å². The van der Waals surface area contributed by atoms with Crippen LogP contribution < -0.4 is 5.32 Å². The van der Waals surface area contributed by atoms with E-state index in [2.05, 4.69) is 10.3 Å². The third kappa shape index (κ3) is 4.91. The van der Waals surface area contributed by atoms with Gasteiger partial charge in [-0.15, -0.1) is 0 Å². The average Bonchev–Trinajstić information content (AvgIpc) is 2.97. The maximum Gasteiger partial charge on any atom is 0.272 e. The van der Waals surface area contributed by atoms with Crippen molar-refractivity contribution in [2.24, 2.45) is 5.41 Å². The molecule has 0 saturated carbocycles. The molecule has 2 aliphatic heterocycles. The zero-order valence-electron chi connectivity index (χ0n) is 20.2. The number of likely N-dealkylation sites (tertiary alicyclic amines) is 1. The van der Waals surface area contributed by atoms with E-state index in [1.54, 1.807) is 25.3 Å². The first-order valence-electron chi connectivity index (χ1n) is 11.5. The van der Waals surface area contributed by atoms with Crippen molar-refractivity contribution in [3.05, 3.63) is 41.0 Å². The van der Waals surface area contributed by atoms with Crippen LogP contribution in [0.15, 0.2) is 12.1 Å². The van der Waals surface area contributed by atoms with E-state index in [1.165, 1.54) is 4.90 Å². The molecule has 190 valence electrons. The number of amides is 2. The van der Waals surface area contributed by atoms with Crippen LogP contribution in [0.5, 0.6) is 0 Å². The molecule has 4 rings (SSSR count). The summed E-state index contributed by atoms with van der Waals surface area (Å²) < 4.78 is 57.2. The van der Waals surface area contributed by atoms with Crippen molar-refractivity contribution >= 4 is 11.8 Å². The van der Waals surface area contributed by atoms with Crippen molar-refractivity contribution in [3.8, 4) is 11.4 Å². The molecule has 11 heteroatoms. The molecule has 1 atom stereocenters. The number of carbonyl (C=O) groups is 2. The van der Waals surface area contributed by atoms with Crippen LogP contribution in [0, 0.1) is 22.9 Å². The third-order valence-electron chi connectivity index (χ3n) is 6.42. The van der Waals surface area contributed by atoms with Gasteiger partial charge in [-0.2, -0.15) is 0 Å². The molecule has 1 aromatic carbocycles. The van der Waals surface area contributed by atoms with E-state index >= 15 is 0 Å². The highest BCUT2D eigenvalue weighted by atomic mass is 19.2. The fourth-order valence-corrected chi connectivity index (χ4v) is 4.44. The number of hydrogen-bond acceptors (Lipinski definition) is 4. The van der Waals surface area contributed by atoms with Gasteiger partial charge in [0.2, 0.25) is 5.91 Å². The van der Waals surface area contributed by atoms with Crippen LogP contribution in [0.1, 0.15) is 43.4 Å². The summed E-state index contributed by atoms with van der Waals surface area (Å²) in [6, 6.07) is 0.232. The summed E-state index contributed by atoms with van der Waals surface area (Å²) >= 11 is 0. The molecule has 0 unspecified atom stereocenters. The number of fused-ring (bicyclic) bond motifs is 1. The molecule has 1 fully saturated rings. The molecule has 7 nitrogen and oxygen atoms in total. The molecule has 2 amide bonds. The van der Waals surface area contributed by atoms with E-state index in [4.69, 9.17) is 0 Å². The lowest BCUT2D eigenvalue weighted by molar-refractivity contribution is -0.143. The summed E-state index contributed by atoms with van der Waals surface area (Å²) in [7, 11) is 1.86. The standard InChI is InChI=1S/C24H29F4N5O2/c1-24(2,3)20(23(35)32-10-13(25)11-32)30-22(34)19-18-12-31(4)6-5-7-33(18)21(29-19)14-8-16(27)17(28)9-15(14)26/h8-9,13,20H,5-7,10-12H2,1-4H3,(H,30,34)/t20-/m1/s1. The van der Waals surface area contributed by atoms with Gasteiger partial charge in [0, 0.05) is 19.2 Å². The number of rotatable bonds is 4. The molecule has 0 spiro atoms. The van der Waals surface area contributed by atoms with Crippen LogP contribution in [0.3, 0.4) is 0 Å². The summed E-state index contributed by atoms with van der Waals surface area (Å²) in [4.78, 5) is 34.2. The van der Waals surface area contributed by atoms with Gasteiger partial charge in [-0.25, -0.2) is 22.5 Å². The van der Waals surface area contributed by atoms with Gasteiger partial charge in [-0.1, -0.05) is 20.8 Å². The Morgan fingerprint density at radius 1 is 1.09 bits per heavy atom. The van der Waals surface area contributed by atoms with Crippen LogP contribution in [-0.4, -0.2) is 70.1 Å². The highest BCUT2D eigenvalue weighted by molar-refractivity contribution is 5.98. The van der Waals surface area contributed by atoms with E-state index < -0.39 is 46.9 Å². The fraction of sp³-hybridized carbons (Fsp3) is 0.542. The SMILES string of the molecule is CN1CCCn2c(-c3cc(F)c(F)cc3F)nc(C(=O)N[C@H](C(=O)N3CC(F)C3)C(C)(C)C)c2C1. The molecule has 35 heavy (non-hydrogen) atoms. The Labute approximate surface area is 201 Å². The average molecular weight is 496 g/mol. The monoisotopic (exact) mass is 495 g/mol. The molecule has 3 heterocycles. The van der Waals surface area contributed by atoms with Crippen LogP contribution >= 0.6 is 0 Å². The summed E-state index contributed by atoms with van der Waals surface area (Å²) in [6.07, 6.45) is -0.412. The van der Waals surface area contributed by atoms with Crippen molar-refractivity contribution in [2.45, 2.75) is 52.5 Å². The Kier molecular flexibility index (Phi) is 6.65. The molecule has 1 aromatic heterocycles. The Bertz CT molecular complexity index is 1150. The second-order valence-corrected chi connectivity index (χ2v) is 10.3. The van der Waals surface area contributed by atoms with Gasteiger partial charge in [-0.05, 0) is 31.5 Å². The number of halogens is 4. The molecular weight excluding hydrogens is 466 g/mol. The van der Waals surface area contributed by atoms with Gasteiger partial charge in [0.05, 0.1) is 24.3 Å². The highest BCUT2D eigenvalue weighted by Gasteiger charge is 2.41. The molecule has 2 aliphatic rings. The molecule has 0 bridgehead atoms. The van der Waals surface area contributed by atoms with Crippen molar-refractivity contribution in [2.75, 3.05) is 26.7 Å². The van der Waals surface area contributed by atoms with Crippen LogP contribution in [0.25, 0.3) is 11.4 Å². The number of nitrogens with one attached hydrogen (secondary N) is 1. The zero-order valence-corrected chi connectivity index (χ0v) is 20.2. The van der Waals surface area contributed by atoms with Gasteiger partial charge in [0.15, 0.2) is 17.3 Å². The fourth-order valence-electron chi connectivity index (χ4n) is 4.44. The van der Waals surface area contributed by atoms with Crippen LogP contribution in [-0.2, 0) is 17.9 Å². The normalized spacial score (nSPS) is 18.0. The smallest absolute Gasteiger partial charge is 0.272 e. The quantitative estimate of drug-likeness (QED) is 0.523. The Morgan fingerprint density at radius 3 is 2.37 bits per heavy atom. The molecule has 1 saturated heterocycles. The van der Waals surface area contributed by atoms with Crippen molar-refractivity contribution < 1.29 is 27.2 Å². The number of aromatic nitrogens is 2. The molecule has 2 aromatic rings. The van der Waals surface area contributed by atoms with Crippen molar-refractivity contribution in [1.29, 1.82) is 0 Å². The predicted molar refractivity (Wildman–Crippen MR) is 121 cm³/mol. The van der Waals surface area contributed by atoms with Crippen LogP contribution in [0.2, 0.25) is 0 Å². The molecular formula is C24H29F4N5O2. The van der Waals surface area contributed by atoms with Crippen LogP contribution in [0.4, 0.5) is 17.6 Å². The number of alkyl halides is 1. The van der Waals surface area contributed by atoms with Gasteiger partial charge < -0.3 is 19.7 Å². The number of carbonyl (C=O) groups excluding carboxylic acids is 2. The minimum absolute atomic E-state index is 0.0125. The predicted octanol–water partition coefficient (Wildman–Crippen LogP) is 3.13. The van der Waals surface area contributed by atoms with E-state index in [9.17, 15) is 27.2 Å². The first-order chi connectivity index (χ1) is 16.4. The Hall–Kier alpha value is -2.95.